The van der Waals surface area contributed by atoms with Crippen molar-refractivity contribution in [2.45, 2.75) is 46.0 Å². The predicted octanol–water partition coefficient (Wildman–Crippen LogP) is 1.79. The normalized spacial score (nSPS) is 13.6. The van der Waals surface area contributed by atoms with Crippen LogP contribution in [0, 0.1) is 5.41 Å². The lowest BCUT2D eigenvalue weighted by Crippen LogP contribution is -2.62. The molecule has 0 atom stereocenters. The smallest absolute Gasteiger partial charge is 0.347 e. The first-order valence-electron chi connectivity index (χ1n) is 5.01. The average Bonchev–Trinajstić information content (AvgIpc) is 1.94. The number of carboxylic acids is 2. The molecular weight excluding hydrogens is 228 g/mol. The first-order chi connectivity index (χ1) is 6.84. The van der Waals surface area contributed by atoms with Gasteiger partial charge in [0.2, 0.25) is 0 Å². The van der Waals surface area contributed by atoms with Crippen LogP contribution in [0.4, 0.5) is 0 Å². The summed E-state index contributed by atoms with van der Waals surface area (Å²) >= 11 is 0. The van der Waals surface area contributed by atoms with Gasteiger partial charge in [0.15, 0.2) is 8.32 Å². The lowest BCUT2D eigenvalue weighted by Gasteiger charge is -2.41. The molecule has 0 aliphatic rings. The van der Waals surface area contributed by atoms with Gasteiger partial charge in [0.05, 0.1) is 0 Å². The van der Waals surface area contributed by atoms with Gasteiger partial charge in [0.1, 0.15) is 0 Å². The summed E-state index contributed by atoms with van der Waals surface area (Å²) in [7, 11) is -2.29. The minimum atomic E-state index is -2.29. The van der Waals surface area contributed by atoms with Crippen molar-refractivity contribution in [3.63, 3.8) is 0 Å². The Bertz CT molecular complexity index is 283. The topological polar surface area (TPSA) is 83.8 Å². The summed E-state index contributed by atoms with van der Waals surface area (Å²) < 4.78 is 5.45. The van der Waals surface area contributed by atoms with Crippen molar-refractivity contribution in [3.05, 3.63) is 0 Å². The predicted molar refractivity (Wildman–Crippen MR) is 61.9 cm³/mol. The molecule has 0 spiro atoms. The summed E-state index contributed by atoms with van der Waals surface area (Å²) in [4.78, 5) is 22.6. The Hall–Kier alpha value is -0.883. The Balaban J connectivity index is 5.66. The fourth-order valence-electron chi connectivity index (χ4n) is 1.43. The van der Waals surface area contributed by atoms with E-state index in [1.54, 1.807) is 40.4 Å². The van der Waals surface area contributed by atoms with Crippen molar-refractivity contribution in [1.29, 1.82) is 0 Å². The van der Waals surface area contributed by atoms with Crippen LogP contribution in [0.3, 0.4) is 0 Å². The quantitative estimate of drug-likeness (QED) is 0.585. The van der Waals surface area contributed by atoms with E-state index in [-0.39, 0.29) is 0 Å². The van der Waals surface area contributed by atoms with Gasteiger partial charge in [0, 0.05) is 5.41 Å². The van der Waals surface area contributed by atoms with Gasteiger partial charge >= 0.3 is 11.9 Å². The molecule has 0 saturated heterocycles. The Morgan fingerprint density at radius 3 is 1.38 bits per heavy atom. The molecule has 0 heterocycles. The summed E-state index contributed by atoms with van der Waals surface area (Å²) in [6, 6.07) is 0. The van der Waals surface area contributed by atoms with Crippen molar-refractivity contribution >= 4 is 20.3 Å². The van der Waals surface area contributed by atoms with E-state index in [1.807, 2.05) is 0 Å². The zero-order valence-corrected chi connectivity index (χ0v) is 11.6. The Labute approximate surface area is 96.6 Å². The zero-order chi connectivity index (χ0) is 13.4. The van der Waals surface area contributed by atoms with E-state index in [9.17, 15) is 19.8 Å². The van der Waals surface area contributed by atoms with Crippen LogP contribution in [-0.2, 0) is 14.0 Å². The lowest BCUT2D eigenvalue weighted by atomic mass is 9.76. The highest BCUT2D eigenvalue weighted by Gasteiger charge is 2.58. The monoisotopic (exact) mass is 248 g/mol. The molecule has 0 aromatic carbocycles. The molecule has 0 fully saturated rings. The number of carbonyl (C=O) groups is 2. The highest BCUT2D eigenvalue weighted by Crippen LogP contribution is 2.37. The third kappa shape index (κ3) is 2.82. The van der Waals surface area contributed by atoms with Gasteiger partial charge in [-0.1, -0.05) is 20.8 Å². The van der Waals surface area contributed by atoms with Crippen molar-refractivity contribution < 1.29 is 24.2 Å². The Morgan fingerprint density at radius 2 is 1.31 bits per heavy atom. The molecule has 6 heteroatoms. The molecular formula is C10H20O5Si. The van der Waals surface area contributed by atoms with Crippen molar-refractivity contribution in [3.8, 4) is 0 Å². The van der Waals surface area contributed by atoms with E-state index < -0.39 is 31.3 Å². The molecule has 0 aliphatic heterocycles. The van der Waals surface area contributed by atoms with E-state index in [0.717, 1.165) is 0 Å². The van der Waals surface area contributed by atoms with Crippen LogP contribution >= 0.6 is 0 Å². The standard InChI is InChI=1S/C10H20O5Si/c1-9(2,3)10(7(11)12,8(13)14)15-16(4,5)6/h1-6H3,(H,11,12)(H,13,14). The van der Waals surface area contributed by atoms with Gasteiger partial charge in [0.25, 0.3) is 5.60 Å². The van der Waals surface area contributed by atoms with E-state index >= 15 is 0 Å². The van der Waals surface area contributed by atoms with Crippen molar-refractivity contribution in [1.82, 2.24) is 0 Å². The molecule has 0 aromatic heterocycles. The third-order valence-corrected chi connectivity index (χ3v) is 3.04. The maximum Gasteiger partial charge on any atom is 0.347 e. The van der Waals surface area contributed by atoms with Gasteiger partial charge in [-0.3, -0.25) is 0 Å². The van der Waals surface area contributed by atoms with E-state index in [2.05, 4.69) is 0 Å². The summed E-state index contributed by atoms with van der Waals surface area (Å²) in [6.45, 7) is 9.94. The number of carboxylic acid groups (broad SMARTS) is 2. The van der Waals surface area contributed by atoms with Crippen LogP contribution in [0.1, 0.15) is 20.8 Å². The number of hydrogen-bond acceptors (Lipinski definition) is 3. The van der Waals surface area contributed by atoms with Gasteiger partial charge in [-0.2, -0.15) is 0 Å². The van der Waals surface area contributed by atoms with Crippen LogP contribution in [0.2, 0.25) is 19.6 Å². The molecule has 0 rings (SSSR count). The van der Waals surface area contributed by atoms with Crippen LogP contribution in [0.15, 0.2) is 0 Å². The summed E-state index contributed by atoms with van der Waals surface area (Å²) in [5.41, 5.74) is -3.21. The Morgan fingerprint density at radius 1 is 1.00 bits per heavy atom. The lowest BCUT2D eigenvalue weighted by molar-refractivity contribution is -0.185. The first kappa shape index (κ1) is 15.1. The van der Waals surface area contributed by atoms with Crippen LogP contribution in [0.5, 0.6) is 0 Å². The highest BCUT2D eigenvalue weighted by atomic mass is 28.4. The SMILES string of the molecule is CC(C)(C)C(O[Si](C)(C)C)(C(=O)O)C(=O)O. The largest absolute Gasteiger partial charge is 0.479 e. The summed E-state index contributed by atoms with van der Waals surface area (Å²) in [5.74, 6) is -2.90. The van der Waals surface area contributed by atoms with E-state index in [0.29, 0.717) is 0 Å². The van der Waals surface area contributed by atoms with Crippen LogP contribution in [-0.4, -0.2) is 36.1 Å². The summed E-state index contributed by atoms with van der Waals surface area (Å²) in [6.07, 6.45) is 0. The molecule has 0 aromatic rings. The average molecular weight is 248 g/mol. The molecule has 2 N–H and O–H groups in total. The second-order valence-corrected chi connectivity index (χ2v) is 10.2. The van der Waals surface area contributed by atoms with Gasteiger partial charge in [-0.05, 0) is 19.6 Å². The van der Waals surface area contributed by atoms with Crippen molar-refractivity contribution in [2.24, 2.45) is 5.41 Å². The first-order valence-corrected chi connectivity index (χ1v) is 8.42. The maximum atomic E-state index is 11.3. The van der Waals surface area contributed by atoms with E-state index in [1.165, 1.54) is 0 Å². The molecule has 0 aliphatic carbocycles. The van der Waals surface area contributed by atoms with Gasteiger partial charge in [-0.15, -0.1) is 0 Å². The van der Waals surface area contributed by atoms with Crippen molar-refractivity contribution in [2.75, 3.05) is 0 Å². The third-order valence-electron chi connectivity index (χ3n) is 2.12. The molecule has 0 radical (unpaired) electrons. The highest BCUT2D eigenvalue weighted by molar-refractivity contribution is 6.70. The van der Waals surface area contributed by atoms with Gasteiger partial charge in [-0.25, -0.2) is 9.59 Å². The molecule has 5 nitrogen and oxygen atoms in total. The molecule has 0 amide bonds. The number of aliphatic carboxylic acids is 2. The fourth-order valence-corrected chi connectivity index (χ4v) is 2.83. The number of rotatable bonds is 4. The molecule has 0 unspecified atom stereocenters. The van der Waals surface area contributed by atoms with Gasteiger partial charge < -0.3 is 14.6 Å². The molecule has 94 valence electrons. The second kappa shape index (κ2) is 4.18. The minimum Gasteiger partial charge on any atom is -0.479 e. The van der Waals surface area contributed by atoms with Crippen LogP contribution < -0.4 is 0 Å². The number of hydrogen-bond donors (Lipinski definition) is 2. The zero-order valence-electron chi connectivity index (χ0n) is 10.6. The minimum absolute atomic E-state index is 1.02. The second-order valence-electron chi connectivity index (χ2n) is 5.76. The molecule has 0 saturated carbocycles. The van der Waals surface area contributed by atoms with Crippen LogP contribution in [0.25, 0.3) is 0 Å². The summed E-state index contributed by atoms with van der Waals surface area (Å²) in [5, 5.41) is 18.4. The molecule has 16 heavy (non-hydrogen) atoms. The fraction of sp³-hybridized carbons (Fsp3) is 0.800. The van der Waals surface area contributed by atoms with E-state index in [4.69, 9.17) is 4.43 Å². The maximum absolute atomic E-state index is 11.3. The molecule has 0 bridgehead atoms. The Kier molecular flexibility index (Phi) is 3.95.